The summed E-state index contributed by atoms with van der Waals surface area (Å²) in [4.78, 5) is 24.6. The van der Waals surface area contributed by atoms with E-state index in [1.165, 1.54) is 11.1 Å². The standard InChI is InChI=1S/C34H40N2O4/c1-6-8-11-24-12-9-14-26(18-24)22(3)35-33(37)27-16-17-29-30(23(4)36(5)31(29)21-27)20-25-13-10-15-28(19-25)40-32(7-2)34(38)39/h9-10,12-19,21-22,32H,6-8,11,20H2,1-5H3,(H,35,37)(H,38,39)/t22-,32?/m0/s1. The van der Waals surface area contributed by atoms with Crippen molar-refractivity contribution in [3.05, 3.63) is 100 Å². The average molecular weight is 541 g/mol. The van der Waals surface area contributed by atoms with Crippen molar-refractivity contribution in [3.63, 3.8) is 0 Å². The Labute approximate surface area is 237 Å². The highest BCUT2D eigenvalue weighted by atomic mass is 16.5. The van der Waals surface area contributed by atoms with Crippen LogP contribution in [0.25, 0.3) is 10.9 Å². The number of unbranched alkanes of at least 4 members (excludes halogenated alkanes) is 1. The fourth-order valence-electron chi connectivity index (χ4n) is 5.17. The number of hydrogen-bond acceptors (Lipinski definition) is 3. The number of fused-ring (bicyclic) bond motifs is 1. The van der Waals surface area contributed by atoms with E-state index in [2.05, 4.69) is 48.0 Å². The zero-order valence-electron chi connectivity index (χ0n) is 24.2. The van der Waals surface area contributed by atoms with Gasteiger partial charge < -0.3 is 19.7 Å². The molecule has 3 aromatic carbocycles. The van der Waals surface area contributed by atoms with Crippen LogP contribution in [0, 0.1) is 6.92 Å². The molecule has 2 atom stereocenters. The van der Waals surface area contributed by atoms with Crippen molar-refractivity contribution >= 4 is 22.8 Å². The second-order valence-corrected chi connectivity index (χ2v) is 10.6. The smallest absolute Gasteiger partial charge is 0.344 e. The first kappa shape index (κ1) is 28.9. The highest BCUT2D eigenvalue weighted by Gasteiger charge is 2.19. The molecule has 0 saturated heterocycles. The molecule has 0 fully saturated rings. The van der Waals surface area contributed by atoms with E-state index in [-0.39, 0.29) is 11.9 Å². The molecule has 0 radical (unpaired) electrons. The Bertz CT molecular complexity index is 1500. The summed E-state index contributed by atoms with van der Waals surface area (Å²) in [5.74, 6) is -0.510. The van der Waals surface area contributed by atoms with Gasteiger partial charge in [0.15, 0.2) is 6.10 Å². The number of carbonyl (C=O) groups excluding carboxylic acids is 1. The lowest BCUT2D eigenvalue weighted by Gasteiger charge is -2.16. The lowest BCUT2D eigenvalue weighted by Crippen LogP contribution is -2.26. The van der Waals surface area contributed by atoms with Crippen LogP contribution in [-0.2, 0) is 24.7 Å². The normalized spacial score (nSPS) is 12.7. The minimum Gasteiger partial charge on any atom is -0.479 e. The lowest BCUT2D eigenvalue weighted by molar-refractivity contribution is -0.145. The topological polar surface area (TPSA) is 80.6 Å². The summed E-state index contributed by atoms with van der Waals surface area (Å²) in [6, 6.07) is 21.9. The molecule has 6 nitrogen and oxygen atoms in total. The third kappa shape index (κ3) is 6.56. The molecule has 0 saturated carbocycles. The van der Waals surface area contributed by atoms with E-state index in [1.807, 2.05) is 50.4 Å². The number of carboxylic acids is 1. The van der Waals surface area contributed by atoms with Gasteiger partial charge in [0.25, 0.3) is 5.91 Å². The number of nitrogens with zero attached hydrogens (tertiary/aromatic N) is 1. The van der Waals surface area contributed by atoms with Crippen molar-refractivity contribution in [1.29, 1.82) is 0 Å². The van der Waals surface area contributed by atoms with Gasteiger partial charge in [-0.2, -0.15) is 0 Å². The predicted molar refractivity (Wildman–Crippen MR) is 160 cm³/mol. The Balaban J connectivity index is 1.53. The van der Waals surface area contributed by atoms with E-state index in [1.54, 1.807) is 13.0 Å². The molecule has 210 valence electrons. The SMILES string of the molecule is CCCCc1cccc([C@H](C)NC(=O)c2ccc3c(Cc4cccc(OC(CC)C(=O)O)c4)c(C)n(C)c3c2)c1. The monoisotopic (exact) mass is 540 g/mol. The van der Waals surface area contributed by atoms with Crippen LogP contribution in [-0.4, -0.2) is 27.7 Å². The van der Waals surface area contributed by atoms with Gasteiger partial charge in [-0.15, -0.1) is 0 Å². The van der Waals surface area contributed by atoms with Crippen LogP contribution < -0.4 is 10.1 Å². The molecule has 0 bridgehead atoms. The van der Waals surface area contributed by atoms with Crippen molar-refractivity contribution in [2.45, 2.75) is 71.9 Å². The van der Waals surface area contributed by atoms with Gasteiger partial charge in [0.05, 0.1) is 6.04 Å². The number of ether oxygens (including phenoxy) is 1. The molecular weight excluding hydrogens is 500 g/mol. The van der Waals surface area contributed by atoms with E-state index in [0.717, 1.165) is 47.0 Å². The molecule has 0 spiro atoms. The van der Waals surface area contributed by atoms with Gasteiger partial charge in [0.1, 0.15) is 5.75 Å². The number of aryl methyl sites for hydroxylation is 2. The van der Waals surface area contributed by atoms with Gasteiger partial charge >= 0.3 is 5.97 Å². The Kier molecular flexibility index (Phi) is 9.30. The van der Waals surface area contributed by atoms with Gasteiger partial charge in [-0.05, 0) is 86.1 Å². The molecular formula is C34H40N2O4. The first-order chi connectivity index (χ1) is 19.2. The van der Waals surface area contributed by atoms with Gasteiger partial charge in [-0.3, -0.25) is 4.79 Å². The number of benzene rings is 3. The minimum atomic E-state index is -0.965. The van der Waals surface area contributed by atoms with E-state index in [0.29, 0.717) is 24.2 Å². The molecule has 6 heteroatoms. The summed E-state index contributed by atoms with van der Waals surface area (Å²) < 4.78 is 7.83. The number of aliphatic carboxylic acids is 1. The van der Waals surface area contributed by atoms with Crippen molar-refractivity contribution in [1.82, 2.24) is 9.88 Å². The van der Waals surface area contributed by atoms with E-state index in [9.17, 15) is 14.7 Å². The zero-order valence-corrected chi connectivity index (χ0v) is 24.2. The number of carboxylic acid groups (broad SMARTS) is 1. The van der Waals surface area contributed by atoms with Crippen molar-refractivity contribution in [2.75, 3.05) is 0 Å². The van der Waals surface area contributed by atoms with Crippen LogP contribution in [0.1, 0.15) is 84.4 Å². The quantitative estimate of drug-likeness (QED) is 0.200. The van der Waals surface area contributed by atoms with Crippen molar-refractivity contribution in [3.8, 4) is 5.75 Å². The minimum absolute atomic E-state index is 0.0949. The molecule has 1 aromatic heterocycles. The first-order valence-corrected chi connectivity index (χ1v) is 14.2. The summed E-state index contributed by atoms with van der Waals surface area (Å²) in [7, 11) is 2.02. The second kappa shape index (κ2) is 12.9. The lowest BCUT2D eigenvalue weighted by atomic mass is 10.0. The van der Waals surface area contributed by atoms with E-state index >= 15 is 0 Å². The van der Waals surface area contributed by atoms with Gasteiger partial charge in [0, 0.05) is 29.2 Å². The number of carbonyl (C=O) groups is 2. The third-order valence-electron chi connectivity index (χ3n) is 7.71. The van der Waals surface area contributed by atoms with Crippen LogP contribution in [0.4, 0.5) is 0 Å². The Morgan fingerprint density at radius 1 is 1.00 bits per heavy atom. The molecule has 0 aliphatic carbocycles. The number of amides is 1. The fourth-order valence-corrected chi connectivity index (χ4v) is 5.17. The maximum absolute atomic E-state index is 13.2. The van der Waals surface area contributed by atoms with Crippen LogP contribution in [0.2, 0.25) is 0 Å². The number of nitrogens with one attached hydrogen (secondary N) is 1. The maximum atomic E-state index is 13.2. The average Bonchev–Trinajstić information content (AvgIpc) is 3.19. The predicted octanol–water partition coefficient (Wildman–Crippen LogP) is 7.15. The van der Waals surface area contributed by atoms with E-state index in [4.69, 9.17) is 4.74 Å². The summed E-state index contributed by atoms with van der Waals surface area (Å²) in [5, 5.41) is 13.6. The second-order valence-electron chi connectivity index (χ2n) is 10.6. The molecule has 4 aromatic rings. The molecule has 1 heterocycles. The van der Waals surface area contributed by atoms with Crippen molar-refractivity contribution in [2.24, 2.45) is 7.05 Å². The number of hydrogen-bond donors (Lipinski definition) is 2. The highest BCUT2D eigenvalue weighted by molar-refractivity contribution is 5.99. The number of rotatable bonds is 12. The third-order valence-corrected chi connectivity index (χ3v) is 7.71. The van der Waals surface area contributed by atoms with Gasteiger partial charge in [-0.25, -0.2) is 4.79 Å². The van der Waals surface area contributed by atoms with Gasteiger partial charge in [-0.1, -0.05) is 62.7 Å². The summed E-state index contributed by atoms with van der Waals surface area (Å²) in [6.45, 7) is 8.10. The van der Waals surface area contributed by atoms with Crippen LogP contribution >= 0.6 is 0 Å². The summed E-state index contributed by atoms with van der Waals surface area (Å²) >= 11 is 0. The summed E-state index contributed by atoms with van der Waals surface area (Å²) in [6.07, 6.45) is 3.56. The first-order valence-electron chi connectivity index (χ1n) is 14.2. The largest absolute Gasteiger partial charge is 0.479 e. The fraction of sp³-hybridized carbons (Fsp3) is 0.353. The van der Waals surface area contributed by atoms with Crippen LogP contribution in [0.15, 0.2) is 66.7 Å². The summed E-state index contributed by atoms with van der Waals surface area (Å²) in [5.41, 5.74) is 7.36. The molecule has 1 unspecified atom stereocenters. The number of aromatic nitrogens is 1. The maximum Gasteiger partial charge on any atom is 0.344 e. The van der Waals surface area contributed by atoms with Crippen molar-refractivity contribution < 1.29 is 19.4 Å². The molecule has 0 aliphatic rings. The highest BCUT2D eigenvalue weighted by Crippen LogP contribution is 2.29. The van der Waals surface area contributed by atoms with Crippen LogP contribution in [0.3, 0.4) is 0 Å². The Morgan fingerprint density at radius 3 is 2.48 bits per heavy atom. The molecule has 2 N–H and O–H groups in total. The van der Waals surface area contributed by atoms with Crippen LogP contribution in [0.5, 0.6) is 5.75 Å². The zero-order chi connectivity index (χ0) is 28.8. The van der Waals surface area contributed by atoms with Gasteiger partial charge in [0.2, 0.25) is 0 Å². The van der Waals surface area contributed by atoms with E-state index < -0.39 is 12.1 Å². The Morgan fingerprint density at radius 2 is 1.75 bits per heavy atom. The molecule has 40 heavy (non-hydrogen) atoms. The molecule has 1 amide bonds. The Hall–Kier alpha value is -4.06. The molecule has 0 aliphatic heterocycles. The molecule has 4 rings (SSSR count).